The van der Waals surface area contributed by atoms with Crippen LogP contribution in [-0.2, 0) is 4.74 Å². The number of carbonyl (C=O) groups is 1. The third kappa shape index (κ3) is 3.23. The van der Waals surface area contributed by atoms with Crippen LogP contribution < -0.4 is 4.74 Å². The quantitative estimate of drug-likeness (QED) is 0.650. The lowest BCUT2D eigenvalue weighted by Crippen LogP contribution is -2.07. The minimum atomic E-state index is -0.351. The van der Waals surface area contributed by atoms with Gasteiger partial charge < -0.3 is 9.47 Å². The normalized spacial score (nSPS) is 10.6. The Hall–Kier alpha value is -2.88. The van der Waals surface area contributed by atoms with E-state index in [1.807, 2.05) is 55.5 Å². The molecular weight excluding hydrogens is 302 g/mol. The van der Waals surface area contributed by atoms with Crippen molar-refractivity contribution in [3.63, 3.8) is 0 Å². The number of hydrogen-bond acceptors (Lipinski definition) is 4. The van der Waals surface area contributed by atoms with Gasteiger partial charge >= 0.3 is 5.97 Å². The SMILES string of the molecule is CCOC(=O)c1cc(-c2ccccc2)nc2ccc(OCC)cc12. The number of pyridine rings is 1. The average Bonchev–Trinajstić information content (AvgIpc) is 2.62. The fraction of sp³-hybridized carbons (Fsp3) is 0.200. The number of aromatic nitrogens is 1. The Morgan fingerprint density at radius 1 is 1.00 bits per heavy atom. The fourth-order valence-corrected chi connectivity index (χ4v) is 2.60. The maximum atomic E-state index is 12.4. The molecule has 3 aromatic rings. The van der Waals surface area contributed by atoms with Gasteiger partial charge in [0, 0.05) is 10.9 Å². The minimum absolute atomic E-state index is 0.328. The zero-order chi connectivity index (χ0) is 16.9. The summed E-state index contributed by atoms with van der Waals surface area (Å²) >= 11 is 0. The predicted octanol–water partition coefficient (Wildman–Crippen LogP) is 4.48. The van der Waals surface area contributed by atoms with Crippen molar-refractivity contribution < 1.29 is 14.3 Å². The molecule has 0 amide bonds. The highest BCUT2D eigenvalue weighted by Crippen LogP contribution is 2.28. The maximum Gasteiger partial charge on any atom is 0.338 e. The highest BCUT2D eigenvalue weighted by Gasteiger charge is 2.15. The van der Waals surface area contributed by atoms with Crippen molar-refractivity contribution in [3.05, 3.63) is 60.2 Å². The molecule has 0 aliphatic carbocycles. The largest absolute Gasteiger partial charge is 0.494 e. The van der Waals surface area contributed by atoms with Gasteiger partial charge in [0.25, 0.3) is 0 Å². The molecule has 1 aromatic heterocycles. The number of benzene rings is 2. The second kappa shape index (κ2) is 7.13. The van der Waals surface area contributed by atoms with Gasteiger partial charge in [0.05, 0.1) is 30.0 Å². The van der Waals surface area contributed by atoms with Crippen molar-refractivity contribution in [2.45, 2.75) is 13.8 Å². The second-order valence-electron chi connectivity index (χ2n) is 5.25. The summed E-state index contributed by atoms with van der Waals surface area (Å²) in [5.41, 5.74) is 2.94. The van der Waals surface area contributed by atoms with Gasteiger partial charge in [-0.1, -0.05) is 30.3 Å². The number of hydrogen-bond donors (Lipinski definition) is 0. The van der Waals surface area contributed by atoms with E-state index in [0.29, 0.717) is 24.5 Å². The van der Waals surface area contributed by atoms with Crippen LogP contribution in [0.5, 0.6) is 5.75 Å². The molecule has 4 nitrogen and oxygen atoms in total. The van der Waals surface area contributed by atoms with Crippen LogP contribution in [0.1, 0.15) is 24.2 Å². The molecule has 0 saturated heterocycles. The molecule has 0 bridgehead atoms. The molecule has 2 aromatic carbocycles. The van der Waals surface area contributed by atoms with Crippen molar-refractivity contribution >= 4 is 16.9 Å². The first-order valence-corrected chi connectivity index (χ1v) is 8.03. The highest BCUT2D eigenvalue weighted by atomic mass is 16.5. The summed E-state index contributed by atoms with van der Waals surface area (Å²) in [4.78, 5) is 17.1. The summed E-state index contributed by atoms with van der Waals surface area (Å²) < 4.78 is 10.8. The summed E-state index contributed by atoms with van der Waals surface area (Å²) in [7, 11) is 0. The van der Waals surface area contributed by atoms with Crippen molar-refractivity contribution in [1.82, 2.24) is 4.98 Å². The fourth-order valence-electron chi connectivity index (χ4n) is 2.60. The number of rotatable bonds is 5. The van der Waals surface area contributed by atoms with E-state index in [9.17, 15) is 4.79 Å². The molecule has 0 N–H and O–H groups in total. The van der Waals surface area contributed by atoms with Gasteiger partial charge in [-0.05, 0) is 38.1 Å². The summed E-state index contributed by atoms with van der Waals surface area (Å²) in [6.45, 7) is 4.61. The predicted molar refractivity (Wildman–Crippen MR) is 94.3 cm³/mol. The van der Waals surface area contributed by atoms with Crippen LogP contribution in [0.2, 0.25) is 0 Å². The molecule has 0 fully saturated rings. The molecule has 0 saturated carbocycles. The van der Waals surface area contributed by atoms with E-state index in [1.165, 1.54) is 0 Å². The number of esters is 1. The standard InChI is InChI=1S/C20H19NO3/c1-3-23-15-10-11-18-16(12-15)17(20(22)24-4-2)13-19(21-18)14-8-6-5-7-9-14/h5-13H,3-4H2,1-2H3. The lowest BCUT2D eigenvalue weighted by molar-refractivity contribution is 0.0528. The van der Waals surface area contributed by atoms with Crippen molar-refractivity contribution in [3.8, 4) is 17.0 Å². The number of ether oxygens (including phenoxy) is 2. The highest BCUT2D eigenvalue weighted by molar-refractivity contribution is 6.05. The summed E-state index contributed by atoms with van der Waals surface area (Å²) in [5.74, 6) is 0.362. The van der Waals surface area contributed by atoms with Crippen LogP contribution in [0, 0.1) is 0 Å². The number of carbonyl (C=O) groups excluding carboxylic acids is 1. The first-order valence-electron chi connectivity index (χ1n) is 8.03. The third-order valence-electron chi connectivity index (χ3n) is 3.66. The van der Waals surface area contributed by atoms with Gasteiger partial charge in [-0.3, -0.25) is 0 Å². The lowest BCUT2D eigenvalue weighted by atomic mass is 10.0. The Balaban J connectivity index is 2.20. The van der Waals surface area contributed by atoms with Gasteiger partial charge in [-0.15, -0.1) is 0 Å². The minimum Gasteiger partial charge on any atom is -0.494 e. The Morgan fingerprint density at radius 3 is 2.50 bits per heavy atom. The van der Waals surface area contributed by atoms with Gasteiger partial charge in [0.15, 0.2) is 0 Å². The van der Waals surface area contributed by atoms with Crippen molar-refractivity contribution in [1.29, 1.82) is 0 Å². The zero-order valence-corrected chi connectivity index (χ0v) is 13.8. The van der Waals surface area contributed by atoms with E-state index in [4.69, 9.17) is 9.47 Å². The van der Waals surface area contributed by atoms with Crippen LogP contribution >= 0.6 is 0 Å². The zero-order valence-electron chi connectivity index (χ0n) is 13.8. The van der Waals surface area contributed by atoms with E-state index in [0.717, 1.165) is 22.2 Å². The molecule has 0 radical (unpaired) electrons. The molecule has 0 spiro atoms. The summed E-state index contributed by atoms with van der Waals surface area (Å²) in [6.07, 6.45) is 0. The van der Waals surface area contributed by atoms with Gasteiger partial charge in [0.2, 0.25) is 0 Å². The van der Waals surface area contributed by atoms with Gasteiger partial charge in [-0.25, -0.2) is 9.78 Å². The molecule has 0 aliphatic heterocycles. The third-order valence-corrected chi connectivity index (χ3v) is 3.66. The summed E-state index contributed by atoms with van der Waals surface area (Å²) in [6, 6.07) is 17.1. The van der Waals surface area contributed by atoms with E-state index < -0.39 is 0 Å². The molecule has 3 rings (SSSR count). The molecule has 122 valence electrons. The van der Waals surface area contributed by atoms with E-state index >= 15 is 0 Å². The monoisotopic (exact) mass is 321 g/mol. The van der Waals surface area contributed by atoms with E-state index in [1.54, 1.807) is 13.0 Å². The Labute approximate surface area is 141 Å². The topological polar surface area (TPSA) is 48.4 Å². The average molecular weight is 321 g/mol. The van der Waals surface area contributed by atoms with E-state index in [2.05, 4.69) is 4.98 Å². The Morgan fingerprint density at radius 2 is 1.79 bits per heavy atom. The van der Waals surface area contributed by atoms with Gasteiger partial charge in [-0.2, -0.15) is 0 Å². The van der Waals surface area contributed by atoms with Crippen LogP contribution in [0.4, 0.5) is 0 Å². The second-order valence-corrected chi connectivity index (χ2v) is 5.25. The molecular formula is C20H19NO3. The van der Waals surface area contributed by atoms with Crippen LogP contribution in [0.3, 0.4) is 0 Å². The molecule has 0 unspecified atom stereocenters. The molecule has 24 heavy (non-hydrogen) atoms. The van der Waals surface area contributed by atoms with Crippen molar-refractivity contribution in [2.75, 3.05) is 13.2 Å². The lowest BCUT2D eigenvalue weighted by Gasteiger charge is -2.11. The number of nitrogens with zero attached hydrogens (tertiary/aromatic N) is 1. The molecule has 1 heterocycles. The Bertz CT molecular complexity index is 859. The smallest absolute Gasteiger partial charge is 0.338 e. The van der Waals surface area contributed by atoms with Gasteiger partial charge in [0.1, 0.15) is 5.75 Å². The molecule has 4 heteroatoms. The van der Waals surface area contributed by atoms with Crippen LogP contribution in [0.15, 0.2) is 54.6 Å². The molecule has 0 aliphatic rings. The number of fused-ring (bicyclic) bond motifs is 1. The molecule has 0 atom stereocenters. The first-order chi connectivity index (χ1) is 11.7. The summed E-state index contributed by atoms with van der Waals surface area (Å²) in [5, 5.41) is 0.735. The van der Waals surface area contributed by atoms with Crippen LogP contribution in [0.25, 0.3) is 22.2 Å². The van der Waals surface area contributed by atoms with Crippen LogP contribution in [-0.4, -0.2) is 24.2 Å². The van der Waals surface area contributed by atoms with E-state index in [-0.39, 0.29) is 5.97 Å². The maximum absolute atomic E-state index is 12.4. The Kier molecular flexibility index (Phi) is 4.75. The van der Waals surface area contributed by atoms with Crippen molar-refractivity contribution in [2.24, 2.45) is 0 Å². The first kappa shape index (κ1) is 16.0.